The van der Waals surface area contributed by atoms with Crippen molar-refractivity contribution in [2.75, 3.05) is 6.61 Å². The summed E-state index contributed by atoms with van der Waals surface area (Å²) in [6, 6.07) is 10.7. The third-order valence-electron chi connectivity index (χ3n) is 4.42. The molecule has 1 amide bonds. The Morgan fingerprint density at radius 1 is 1.16 bits per heavy atom. The van der Waals surface area contributed by atoms with Gasteiger partial charge in [-0.25, -0.2) is 13.8 Å². The average molecular weight is 493 g/mol. The molecule has 9 heteroatoms. The molecule has 0 aliphatic heterocycles. The lowest BCUT2D eigenvalue weighted by molar-refractivity contribution is -0.148. The fourth-order valence-electron chi connectivity index (χ4n) is 2.82. The molecule has 1 aromatic heterocycles. The number of esters is 1. The number of oxazole rings is 1. The number of aromatic nitrogens is 1. The lowest BCUT2D eigenvalue weighted by Gasteiger charge is -2.14. The van der Waals surface area contributed by atoms with Crippen molar-refractivity contribution >= 4 is 27.8 Å². The Balaban J connectivity index is 1.45. The Morgan fingerprint density at radius 2 is 1.84 bits per heavy atom. The summed E-state index contributed by atoms with van der Waals surface area (Å²) in [6.45, 7) is 1.40. The number of nitrogens with one attached hydrogen (secondary N) is 1. The highest BCUT2D eigenvalue weighted by Crippen LogP contribution is 2.26. The van der Waals surface area contributed by atoms with Crippen LogP contribution in [0.1, 0.15) is 30.8 Å². The van der Waals surface area contributed by atoms with E-state index in [1.54, 1.807) is 0 Å². The number of aryl methyl sites for hydroxylation is 1. The molecule has 1 N–H and O–H groups in total. The summed E-state index contributed by atoms with van der Waals surface area (Å²) < 4.78 is 38.9. The summed E-state index contributed by atoms with van der Waals surface area (Å²) in [5.41, 5.74) is 0.592. The molecule has 1 atom stereocenters. The van der Waals surface area contributed by atoms with Crippen LogP contribution in [0.2, 0.25) is 0 Å². The highest BCUT2D eigenvalue weighted by Gasteiger charge is 2.17. The van der Waals surface area contributed by atoms with Gasteiger partial charge in [-0.1, -0.05) is 34.1 Å². The topological polar surface area (TPSA) is 81.4 Å². The largest absolute Gasteiger partial charge is 0.456 e. The van der Waals surface area contributed by atoms with Crippen molar-refractivity contribution in [3.63, 3.8) is 0 Å². The van der Waals surface area contributed by atoms with Crippen molar-refractivity contribution < 1.29 is 27.5 Å². The first-order valence-corrected chi connectivity index (χ1v) is 10.2. The smallest absolute Gasteiger partial charge is 0.306 e. The summed E-state index contributed by atoms with van der Waals surface area (Å²) in [5.74, 6) is -2.54. The van der Waals surface area contributed by atoms with Crippen molar-refractivity contribution in [1.29, 1.82) is 0 Å². The van der Waals surface area contributed by atoms with Crippen LogP contribution in [0, 0.1) is 11.6 Å². The van der Waals surface area contributed by atoms with Gasteiger partial charge in [0.1, 0.15) is 11.6 Å². The monoisotopic (exact) mass is 492 g/mol. The third kappa shape index (κ3) is 6.21. The summed E-state index contributed by atoms with van der Waals surface area (Å²) in [5, 5.41) is 2.74. The van der Waals surface area contributed by atoms with Crippen LogP contribution in [-0.4, -0.2) is 23.5 Å². The first-order chi connectivity index (χ1) is 14.8. The van der Waals surface area contributed by atoms with Crippen molar-refractivity contribution in [1.82, 2.24) is 10.3 Å². The molecule has 1 heterocycles. The molecular weight excluding hydrogens is 474 g/mol. The molecule has 6 nitrogen and oxygen atoms in total. The van der Waals surface area contributed by atoms with Crippen LogP contribution < -0.4 is 5.32 Å². The Hall–Kier alpha value is -3.07. The first-order valence-electron chi connectivity index (χ1n) is 9.43. The SMILES string of the molecule is CC(NC(=O)COC(=O)CCc1ncc(-c2c(F)cccc2F)o1)c1ccc(Br)cc1. The minimum absolute atomic E-state index is 0.0613. The van der Waals surface area contributed by atoms with Gasteiger partial charge in [-0.05, 0) is 36.8 Å². The number of rotatable bonds is 8. The maximum absolute atomic E-state index is 13.8. The highest BCUT2D eigenvalue weighted by molar-refractivity contribution is 9.10. The van der Waals surface area contributed by atoms with Crippen LogP contribution in [0.5, 0.6) is 0 Å². The molecule has 3 rings (SSSR count). The molecule has 0 spiro atoms. The van der Waals surface area contributed by atoms with E-state index in [0.29, 0.717) is 0 Å². The van der Waals surface area contributed by atoms with Crippen LogP contribution in [0.15, 0.2) is 57.6 Å². The Kier molecular flexibility index (Phi) is 7.51. The molecule has 0 aliphatic carbocycles. The molecule has 0 saturated carbocycles. The zero-order valence-corrected chi connectivity index (χ0v) is 18.1. The lowest BCUT2D eigenvalue weighted by Crippen LogP contribution is -2.31. The van der Waals surface area contributed by atoms with Crippen molar-refractivity contribution in [3.8, 4) is 11.3 Å². The predicted octanol–water partition coefficient (Wildman–Crippen LogP) is 4.74. The summed E-state index contributed by atoms with van der Waals surface area (Å²) in [7, 11) is 0. The van der Waals surface area contributed by atoms with Gasteiger partial charge >= 0.3 is 5.97 Å². The molecule has 1 unspecified atom stereocenters. The zero-order chi connectivity index (χ0) is 22.4. The van der Waals surface area contributed by atoms with Crippen LogP contribution in [0.25, 0.3) is 11.3 Å². The number of amides is 1. The third-order valence-corrected chi connectivity index (χ3v) is 4.95. The number of hydrogen-bond donors (Lipinski definition) is 1. The fourth-order valence-corrected chi connectivity index (χ4v) is 3.08. The van der Waals surface area contributed by atoms with Crippen LogP contribution >= 0.6 is 15.9 Å². The summed E-state index contributed by atoms with van der Waals surface area (Å²) in [4.78, 5) is 27.8. The van der Waals surface area contributed by atoms with Crippen molar-refractivity contribution in [2.24, 2.45) is 0 Å². The Morgan fingerprint density at radius 3 is 2.52 bits per heavy atom. The number of halogens is 3. The summed E-state index contributed by atoms with van der Waals surface area (Å²) in [6.07, 6.45) is 1.15. The standard InChI is InChI=1S/C22H19BrF2N2O4/c1-13(14-5-7-15(23)8-6-14)27-19(28)12-30-21(29)10-9-20-26-11-18(31-20)22-16(24)3-2-4-17(22)25/h2-8,11,13H,9-10,12H2,1H3,(H,27,28). The molecule has 0 radical (unpaired) electrons. The van der Waals surface area contributed by atoms with Gasteiger partial charge < -0.3 is 14.5 Å². The molecule has 2 aromatic carbocycles. The molecule has 162 valence electrons. The molecular formula is C22H19BrF2N2O4. The average Bonchev–Trinajstić information content (AvgIpc) is 3.19. The number of carbonyl (C=O) groups is 2. The predicted molar refractivity (Wildman–Crippen MR) is 112 cm³/mol. The second-order valence-electron chi connectivity index (χ2n) is 6.72. The lowest BCUT2D eigenvalue weighted by atomic mass is 10.1. The van der Waals surface area contributed by atoms with E-state index in [4.69, 9.17) is 9.15 Å². The van der Waals surface area contributed by atoms with Crippen molar-refractivity contribution in [2.45, 2.75) is 25.8 Å². The van der Waals surface area contributed by atoms with E-state index < -0.39 is 30.1 Å². The fraction of sp³-hybridized carbons (Fsp3) is 0.227. The highest BCUT2D eigenvalue weighted by atomic mass is 79.9. The first kappa shape index (κ1) is 22.6. The van der Waals surface area contributed by atoms with E-state index in [9.17, 15) is 18.4 Å². The molecule has 0 aliphatic rings. The van der Waals surface area contributed by atoms with Crippen molar-refractivity contribution in [3.05, 3.63) is 76.2 Å². The number of carbonyl (C=O) groups excluding carboxylic acids is 2. The van der Waals surface area contributed by atoms with E-state index >= 15 is 0 Å². The van der Waals surface area contributed by atoms with Gasteiger partial charge in [0.15, 0.2) is 18.3 Å². The van der Waals surface area contributed by atoms with Gasteiger partial charge in [-0.2, -0.15) is 0 Å². The van der Waals surface area contributed by atoms with E-state index in [0.717, 1.165) is 22.2 Å². The van der Waals surface area contributed by atoms with E-state index in [-0.39, 0.29) is 36.1 Å². The van der Waals surface area contributed by atoms with E-state index in [2.05, 4.69) is 26.2 Å². The zero-order valence-electron chi connectivity index (χ0n) is 16.5. The van der Waals surface area contributed by atoms with Gasteiger partial charge in [0.05, 0.1) is 24.2 Å². The van der Waals surface area contributed by atoms with Crippen LogP contribution in [0.4, 0.5) is 8.78 Å². The molecule has 0 bridgehead atoms. The van der Waals surface area contributed by atoms with Crippen LogP contribution in [0.3, 0.4) is 0 Å². The number of nitrogens with zero attached hydrogens (tertiary/aromatic N) is 1. The van der Waals surface area contributed by atoms with E-state index in [1.807, 2.05) is 31.2 Å². The van der Waals surface area contributed by atoms with Gasteiger partial charge in [0.25, 0.3) is 5.91 Å². The Labute approximate surface area is 185 Å². The number of hydrogen-bond acceptors (Lipinski definition) is 5. The van der Waals surface area contributed by atoms with E-state index in [1.165, 1.54) is 12.3 Å². The number of ether oxygens (including phenoxy) is 1. The van der Waals surface area contributed by atoms with Gasteiger partial charge in [-0.3, -0.25) is 9.59 Å². The molecule has 0 fully saturated rings. The molecule has 0 saturated heterocycles. The van der Waals surface area contributed by atoms with Gasteiger partial charge in [0.2, 0.25) is 0 Å². The van der Waals surface area contributed by atoms with Gasteiger partial charge in [0, 0.05) is 10.9 Å². The Bertz CT molecular complexity index is 1050. The minimum Gasteiger partial charge on any atom is -0.456 e. The normalized spacial score (nSPS) is 11.7. The molecule has 31 heavy (non-hydrogen) atoms. The second kappa shape index (κ2) is 10.3. The van der Waals surface area contributed by atoms with Gasteiger partial charge in [-0.15, -0.1) is 0 Å². The summed E-state index contributed by atoms with van der Waals surface area (Å²) >= 11 is 3.35. The molecule has 3 aromatic rings. The minimum atomic E-state index is -0.773. The maximum atomic E-state index is 13.8. The second-order valence-corrected chi connectivity index (χ2v) is 7.63. The van der Waals surface area contributed by atoms with Crippen LogP contribution in [-0.2, 0) is 20.7 Å². The maximum Gasteiger partial charge on any atom is 0.306 e. The quantitative estimate of drug-likeness (QED) is 0.459. The number of benzene rings is 2.